The van der Waals surface area contributed by atoms with Gasteiger partial charge in [-0.1, -0.05) is 37.7 Å². The molecule has 104 valence electrons. The Balaban J connectivity index is 2.26. The van der Waals surface area contributed by atoms with Crippen LogP contribution in [0, 0.1) is 6.92 Å². The number of thiocarbonyl (C=S) groups is 1. The van der Waals surface area contributed by atoms with E-state index in [4.69, 9.17) is 18.0 Å². The van der Waals surface area contributed by atoms with E-state index in [0.29, 0.717) is 10.8 Å². The number of hydrogen-bond donors (Lipinski definition) is 2. The van der Waals surface area contributed by atoms with Gasteiger partial charge in [0.05, 0.1) is 5.56 Å². The summed E-state index contributed by atoms with van der Waals surface area (Å²) in [7, 11) is 0. The number of nitrogens with one attached hydrogen (secondary N) is 1. The molecule has 0 aliphatic carbocycles. The van der Waals surface area contributed by atoms with E-state index in [2.05, 4.69) is 41.5 Å². The average molecular weight is 285 g/mol. The molecule has 0 saturated heterocycles. The van der Waals surface area contributed by atoms with Crippen molar-refractivity contribution >= 4 is 28.7 Å². The molecule has 2 aromatic rings. The third-order valence-corrected chi connectivity index (χ3v) is 3.37. The average Bonchev–Trinajstić information content (AvgIpc) is 2.41. The van der Waals surface area contributed by atoms with E-state index in [0.717, 1.165) is 29.7 Å². The number of pyridine rings is 1. The van der Waals surface area contributed by atoms with Crippen LogP contribution >= 0.6 is 12.2 Å². The third kappa shape index (κ3) is 3.33. The monoisotopic (exact) mass is 285 g/mol. The van der Waals surface area contributed by atoms with Gasteiger partial charge in [0.25, 0.3) is 0 Å². The van der Waals surface area contributed by atoms with Gasteiger partial charge in [-0.3, -0.25) is 0 Å². The van der Waals surface area contributed by atoms with E-state index in [9.17, 15) is 0 Å². The first-order valence-electron chi connectivity index (χ1n) is 6.73. The van der Waals surface area contributed by atoms with Gasteiger partial charge in [-0.05, 0) is 42.7 Å². The summed E-state index contributed by atoms with van der Waals surface area (Å²) in [6, 6.07) is 10.3. The summed E-state index contributed by atoms with van der Waals surface area (Å²) in [6.07, 6.45) is 4.00. The number of aryl methyl sites for hydroxylation is 2. The zero-order valence-electron chi connectivity index (χ0n) is 11.8. The van der Waals surface area contributed by atoms with E-state index in [-0.39, 0.29) is 0 Å². The number of anilines is 2. The molecule has 0 atom stereocenters. The molecule has 4 heteroatoms. The van der Waals surface area contributed by atoms with Crippen LogP contribution in [-0.4, -0.2) is 9.97 Å². The number of aromatic nitrogens is 1. The molecule has 1 aromatic carbocycles. The van der Waals surface area contributed by atoms with E-state index in [1.807, 2.05) is 13.0 Å². The molecule has 2 rings (SSSR count). The van der Waals surface area contributed by atoms with Crippen LogP contribution in [0.3, 0.4) is 0 Å². The Bertz CT molecular complexity index is 606. The fourth-order valence-corrected chi connectivity index (χ4v) is 2.40. The van der Waals surface area contributed by atoms with Crippen LogP contribution in [0.5, 0.6) is 0 Å². The Hall–Kier alpha value is -1.94. The minimum atomic E-state index is 0.362. The number of rotatable bonds is 5. The summed E-state index contributed by atoms with van der Waals surface area (Å²) in [5, 5.41) is 3.29. The minimum Gasteiger partial charge on any atom is -0.389 e. The van der Waals surface area contributed by atoms with Crippen LogP contribution in [0.25, 0.3) is 0 Å². The van der Waals surface area contributed by atoms with E-state index >= 15 is 0 Å². The summed E-state index contributed by atoms with van der Waals surface area (Å²) >= 11 is 5.11. The largest absolute Gasteiger partial charge is 0.389 e. The van der Waals surface area contributed by atoms with Gasteiger partial charge >= 0.3 is 0 Å². The standard InChI is InChI=1S/C16H19N3S/c1-3-4-12-5-7-13(8-6-12)19-16-14(15(17)20)11(2)9-10-18-16/h5-10H,3-4H2,1-2H3,(H2,17,20)(H,18,19). The van der Waals surface area contributed by atoms with E-state index in [1.165, 1.54) is 5.56 Å². The second-order valence-corrected chi connectivity index (χ2v) is 5.23. The molecular weight excluding hydrogens is 266 g/mol. The van der Waals surface area contributed by atoms with Gasteiger partial charge in [-0.2, -0.15) is 0 Å². The minimum absolute atomic E-state index is 0.362. The molecule has 0 aliphatic heterocycles. The number of benzene rings is 1. The lowest BCUT2D eigenvalue weighted by molar-refractivity contribution is 0.922. The Morgan fingerprint density at radius 2 is 1.95 bits per heavy atom. The molecule has 1 aromatic heterocycles. The summed E-state index contributed by atoms with van der Waals surface area (Å²) in [5.74, 6) is 0.709. The summed E-state index contributed by atoms with van der Waals surface area (Å²) in [4.78, 5) is 4.70. The van der Waals surface area contributed by atoms with Gasteiger partial charge in [0.15, 0.2) is 0 Å². The quantitative estimate of drug-likeness (QED) is 0.822. The molecule has 0 amide bonds. The SMILES string of the molecule is CCCc1ccc(Nc2nccc(C)c2C(N)=S)cc1. The van der Waals surface area contributed by atoms with Crippen molar-refractivity contribution in [3.8, 4) is 0 Å². The van der Waals surface area contributed by atoms with Crippen LogP contribution in [0.15, 0.2) is 36.5 Å². The highest BCUT2D eigenvalue weighted by Crippen LogP contribution is 2.21. The maximum atomic E-state index is 5.78. The maximum absolute atomic E-state index is 5.78. The second-order valence-electron chi connectivity index (χ2n) is 4.79. The van der Waals surface area contributed by atoms with Crippen molar-refractivity contribution in [1.29, 1.82) is 0 Å². The normalized spacial score (nSPS) is 10.3. The van der Waals surface area contributed by atoms with Crippen molar-refractivity contribution in [2.45, 2.75) is 26.7 Å². The third-order valence-electron chi connectivity index (χ3n) is 3.16. The van der Waals surface area contributed by atoms with E-state index < -0.39 is 0 Å². The second kappa shape index (κ2) is 6.48. The fraction of sp³-hybridized carbons (Fsp3) is 0.250. The summed E-state index contributed by atoms with van der Waals surface area (Å²) in [5.41, 5.74) is 9.94. The molecule has 0 fully saturated rings. The first kappa shape index (κ1) is 14.5. The molecule has 0 saturated carbocycles. The molecule has 1 heterocycles. The van der Waals surface area contributed by atoms with Gasteiger partial charge in [-0.25, -0.2) is 4.98 Å². The molecule has 20 heavy (non-hydrogen) atoms. The fourth-order valence-electron chi connectivity index (χ4n) is 2.14. The molecule has 0 unspecified atom stereocenters. The van der Waals surface area contributed by atoms with Crippen LogP contribution < -0.4 is 11.1 Å². The molecule has 0 bridgehead atoms. The van der Waals surface area contributed by atoms with Crippen LogP contribution in [0.1, 0.15) is 30.0 Å². The van der Waals surface area contributed by atoms with Gasteiger partial charge in [0, 0.05) is 11.9 Å². The number of nitrogens with zero attached hydrogens (tertiary/aromatic N) is 1. The van der Waals surface area contributed by atoms with Gasteiger partial charge < -0.3 is 11.1 Å². The lowest BCUT2D eigenvalue weighted by Crippen LogP contribution is -2.14. The topological polar surface area (TPSA) is 50.9 Å². The van der Waals surface area contributed by atoms with Crippen molar-refractivity contribution < 1.29 is 0 Å². The lowest BCUT2D eigenvalue weighted by Gasteiger charge is -2.12. The van der Waals surface area contributed by atoms with Crippen molar-refractivity contribution in [3.05, 3.63) is 53.2 Å². The Kier molecular flexibility index (Phi) is 4.69. The summed E-state index contributed by atoms with van der Waals surface area (Å²) < 4.78 is 0. The highest BCUT2D eigenvalue weighted by Gasteiger charge is 2.09. The van der Waals surface area contributed by atoms with Crippen LogP contribution in [0.2, 0.25) is 0 Å². The Morgan fingerprint density at radius 3 is 2.55 bits per heavy atom. The highest BCUT2D eigenvalue weighted by molar-refractivity contribution is 7.80. The maximum Gasteiger partial charge on any atom is 0.140 e. The van der Waals surface area contributed by atoms with Crippen molar-refractivity contribution in [2.75, 3.05) is 5.32 Å². The van der Waals surface area contributed by atoms with Crippen molar-refractivity contribution in [1.82, 2.24) is 4.98 Å². The van der Waals surface area contributed by atoms with Gasteiger partial charge in [0.2, 0.25) is 0 Å². The molecule has 3 nitrogen and oxygen atoms in total. The Labute approximate surface area is 125 Å². The Morgan fingerprint density at radius 1 is 1.25 bits per heavy atom. The van der Waals surface area contributed by atoms with E-state index in [1.54, 1.807) is 6.20 Å². The zero-order chi connectivity index (χ0) is 14.5. The predicted molar refractivity (Wildman–Crippen MR) is 88.6 cm³/mol. The summed E-state index contributed by atoms with van der Waals surface area (Å²) in [6.45, 7) is 4.16. The first-order valence-corrected chi connectivity index (χ1v) is 7.14. The first-order chi connectivity index (χ1) is 9.61. The van der Waals surface area contributed by atoms with Gasteiger partial charge in [-0.15, -0.1) is 0 Å². The zero-order valence-corrected chi connectivity index (χ0v) is 12.6. The molecule has 0 radical (unpaired) electrons. The highest BCUT2D eigenvalue weighted by atomic mass is 32.1. The smallest absolute Gasteiger partial charge is 0.140 e. The van der Waals surface area contributed by atoms with Crippen molar-refractivity contribution in [2.24, 2.45) is 5.73 Å². The number of hydrogen-bond acceptors (Lipinski definition) is 3. The number of nitrogens with two attached hydrogens (primary N) is 1. The lowest BCUT2D eigenvalue weighted by atomic mass is 10.1. The predicted octanol–water partition coefficient (Wildman–Crippen LogP) is 3.72. The molecular formula is C16H19N3S. The van der Waals surface area contributed by atoms with Crippen LogP contribution in [-0.2, 0) is 6.42 Å². The van der Waals surface area contributed by atoms with Crippen molar-refractivity contribution in [3.63, 3.8) is 0 Å². The molecule has 0 spiro atoms. The molecule has 0 aliphatic rings. The van der Waals surface area contributed by atoms with Gasteiger partial charge in [0.1, 0.15) is 10.8 Å². The van der Waals surface area contributed by atoms with Crippen LogP contribution in [0.4, 0.5) is 11.5 Å². The molecule has 3 N–H and O–H groups in total.